The molecule has 1 saturated heterocycles. The molecule has 0 aromatic heterocycles. The van der Waals surface area contributed by atoms with Gasteiger partial charge in [-0.25, -0.2) is 4.79 Å². The minimum Gasteiger partial charge on any atom is -0.353 e. The Morgan fingerprint density at radius 1 is 1.14 bits per heavy atom. The van der Waals surface area contributed by atoms with E-state index < -0.39 is 0 Å². The third-order valence-corrected chi connectivity index (χ3v) is 5.03. The highest BCUT2D eigenvalue weighted by Crippen LogP contribution is 2.13. The Hall–Kier alpha value is -2.57. The number of benzene rings is 1. The van der Waals surface area contributed by atoms with Crippen molar-refractivity contribution in [2.75, 3.05) is 26.7 Å². The van der Waals surface area contributed by atoms with Gasteiger partial charge < -0.3 is 20.4 Å². The monoisotopic (exact) mass is 402 g/mol. The normalized spacial score (nSPS) is 14.6. The predicted octanol–water partition coefficient (Wildman–Crippen LogP) is 2.37. The number of hydrogen-bond donors (Lipinski definition) is 2. The summed E-state index contributed by atoms with van der Waals surface area (Å²) in [6, 6.07) is 9.67. The van der Waals surface area contributed by atoms with Crippen molar-refractivity contribution in [3.05, 3.63) is 35.9 Å². The van der Waals surface area contributed by atoms with E-state index >= 15 is 0 Å². The minimum absolute atomic E-state index is 0.0667. The van der Waals surface area contributed by atoms with E-state index in [1.165, 1.54) is 0 Å². The summed E-state index contributed by atoms with van der Waals surface area (Å²) in [6.07, 6.45) is 2.39. The molecule has 29 heavy (non-hydrogen) atoms. The first-order chi connectivity index (χ1) is 13.8. The molecule has 0 atom stereocenters. The van der Waals surface area contributed by atoms with Gasteiger partial charge in [0.15, 0.2) is 0 Å². The molecule has 0 unspecified atom stereocenters. The molecule has 1 aliphatic rings. The van der Waals surface area contributed by atoms with Gasteiger partial charge in [0.1, 0.15) is 0 Å². The maximum absolute atomic E-state index is 12.2. The number of piperidine rings is 1. The van der Waals surface area contributed by atoms with E-state index in [1.54, 1.807) is 11.9 Å². The molecule has 0 saturated carbocycles. The van der Waals surface area contributed by atoms with Crippen molar-refractivity contribution >= 4 is 17.8 Å². The van der Waals surface area contributed by atoms with Crippen molar-refractivity contribution in [1.82, 2.24) is 20.4 Å². The van der Waals surface area contributed by atoms with Gasteiger partial charge in [-0.15, -0.1) is 0 Å². The number of rotatable bonds is 8. The Morgan fingerprint density at radius 3 is 2.41 bits per heavy atom. The molecule has 0 spiro atoms. The predicted molar refractivity (Wildman–Crippen MR) is 113 cm³/mol. The van der Waals surface area contributed by atoms with Crippen LogP contribution in [0.2, 0.25) is 0 Å². The first-order valence-corrected chi connectivity index (χ1v) is 10.4. The Bertz CT molecular complexity index is 670. The van der Waals surface area contributed by atoms with Crippen LogP contribution in [0.4, 0.5) is 4.79 Å². The molecule has 1 heterocycles. The van der Waals surface area contributed by atoms with Crippen molar-refractivity contribution in [2.45, 2.75) is 52.1 Å². The summed E-state index contributed by atoms with van der Waals surface area (Å²) >= 11 is 0. The zero-order valence-electron chi connectivity index (χ0n) is 17.8. The summed E-state index contributed by atoms with van der Waals surface area (Å²) < 4.78 is 0. The van der Waals surface area contributed by atoms with Gasteiger partial charge in [0, 0.05) is 52.1 Å². The summed E-state index contributed by atoms with van der Waals surface area (Å²) in [6.45, 7) is 6.30. The molecule has 4 amide bonds. The number of likely N-dealkylation sites (tertiary alicyclic amines) is 1. The summed E-state index contributed by atoms with van der Waals surface area (Å²) in [7, 11) is 1.73. The van der Waals surface area contributed by atoms with Gasteiger partial charge in [-0.05, 0) is 24.3 Å². The molecular weight excluding hydrogens is 368 g/mol. The Morgan fingerprint density at radius 2 is 1.79 bits per heavy atom. The lowest BCUT2D eigenvalue weighted by Gasteiger charge is -2.33. The summed E-state index contributed by atoms with van der Waals surface area (Å²) in [4.78, 5) is 39.9. The van der Waals surface area contributed by atoms with E-state index in [4.69, 9.17) is 0 Å². The van der Waals surface area contributed by atoms with Crippen LogP contribution < -0.4 is 10.6 Å². The van der Waals surface area contributed by atoms with Crippen LogP contribution in [-0.4, -0.2) is 60.4 Å². The molecule has 7 heteroatoms. The van der Waals surface area contributed by atoms with Crippen molar-refractivity contribution in [1.29, 1.82) is 0 Å². The van der Waals surface area contributed by atoms with Crippen molar-refractivity contribution in [3.8, 4) is 0 Å². The SMILES string of the molecule is CC(C)CC(=O)N1CCC(NC(=O)CCNC(=O)N(C)Cc2ccccc2)CC1. The number of amides is 4. The average molecular weight is 403 g/mol. The number of urea groups is 1. The van der Waals surface area contributed by atoms with E-state index in [0.717, 1.165) is 18.4 Å². The molecule has 7 nitrogen and oxygen atoms in total. The van der Waals surface area contributed by atoms with Gasteiger partial charge in [-0.2, -0.15) is 0 Å². The summed E-state index contributed by atoms with van der Waals surface area (Å²) in [5.74, 6) is 0.497. The lowest BCUT2D eigenvalue weighted by atomic mass is 10.0. The molecule has 1 aromatic rings. The number of hydrogen-bond acceptors (Lipinski definition) is 3. The van der Waals surface area contributed by atoms with Crippen LogP contribution in [0, 0.1) is 5.92 Å². The van der Waals surface area contributed by atoms with Gasteiger partial charge in [0.05, 0.1) is 0 Å². The third-order valence-electron chi connectivity index (χ3n) is 5.03. The third kappa shape index (κ3) is 8.13. The maximum atomic E-state index is 12.2. The highest BCUT2D eigenvalue weighted by Gasteiger charge is 2.24. The fourth-order valence-electron chi connectivity index (χ4n) is 3.40. The summed E-state index contributed by atoms with van der Waals surface area (Å²) in [5, 5.41) is 5.80. The highest BCUT2D eigenvalue weighted by atomic mass is 16.2. The lowest BCUT2D eigenvalue weighted by molar-refractivity contribution is -0.133. The largest absolute Gasteiger partial charge is 0.353 e. The van der Waals surface area contributed by atoms with Crippen molar-refractivity contribution in [2.24, 2.45) is 5.92 Å². The van der Waals surface area contributed by atoms with Crippen LogP contribution in [-0.2, 0) is 16.1 Å². The van der Waals surface area contributed by atoms with E-state index in [2.05, 4.69) is 10.6 Å². The standard InChI is InChI=1S/C22H34N4O3/c1-17(2)15-21(28)26-13-10-19(11-14-26)24-20(27)9-12-23-22(29)25(3)16-18-7-5-4-6-8-18/h4-8,17,19H,9-16H2,1-3H3,(H,23,29)(H,24,27). The van der Waals surface area contributed by atoms with Crippen LogP contribution in [0.25, 0.3) is 0 Å². The molecule has 2 N–H and O–H groups in total. The smallest absolute Gasteiger partial charge is 0.317 e. The minimum atomic E-state index is -0.196. The van der Waals surface area contributed by atoms with Gasteiger partial charge in [0.25, 0.3) is 0 Å². The van der Waals surface area contributed by atoms with E-state index in [-0.39, 0.29) is 30.3 Å². The molecule has 1 aliphatic heterocycles. The van der Waals surface area contributed by atoms with Gasteiger partial charge in [-0.1, -0.05) is 44.2 Å². The van der Waals surface area contributed by atoms with Gasteiger partial charge in [0.2, 0.25) is 11.8 Å². The van der Waals surface area contributed by atoms with Gasteiger partial charge >= 0.3 is 6.03 Å². The van der Waals surface area contributed by atoms with Crippen molar-refractivity contribution in [3.63, 3.8) is 0 Å². The Labute approximate surface area is 173 Å². The highest BCUT2D eigenvalue weighted by molar-refractivity contribution is 5.78. The molecule has 1 aromatic carbocycles. The molecule has 0 aliphatic carbocycles. The van der Waals surface area contributed by atoms with Crippen LogP contribution in [0.3, 0.4) is 0 Å². The zero-order valence-corrected chi connectivity index (χ0v) is 17.8. The fraction of sp³-hybridized carbons (Fsp3) is 0.591. The van der Waals surface area contributed by atoms with Gasteiger partial charge in [-0.3, -0.25) is 9.59 Å². The molecular formula is C22H34N4O3. The first-order valence-electron chi connectivity index (χ1n) is 10.4. The number of carbonyl (C=O) groups excluding carboxylic acids is 3. The lowest BCUT2D eigenvalue weighted by Crippen LogP contribution is -2.47. The molecule has 0 bridgehead atoms. The number of carbonyl (C=O) groups is 3. The quantitative estimate of drug-likeness (QED) is 0.700. The second kappa shape index (κ2) is 11.4. The van der Waals surface area contributed by atoms with E-state index in [0.29, 0.717) is 38.5 Å². The fourth-order valence-corrected chi connectivity index (χ4v) is 3.40. The van der Waals surface area contributed by atoms with Crippen LogP contribution >= 0.6 is 0 Å². The molecule has 160 valence electrons. The van der Waals surface area contributed by atoms with Crippen LogP contribution in [0.15, 0.2) is 30.3 Å². The molecule has 2 rings (SSSR count). The first kappa shape index (κ1) is 22.7. The average Bonchev–Trinajstić information content (AvgIpc) is 2.68. The van der Waals surface area contributed by atoms with E-state index in [1.807, 2.05) is 49.1 Å². The summed E-state index contributed by atoms with van der Waals surface area (Å²) in [5.41, 5.74) is 1.06. The molecule has 0 radical (unpaired) electrons. The van der Waals surface area contributed by atoms with Crippen molar-refractivity contribution < 1.29 is 14.4 Å². The Kier molecular flexibility index (Phi) is 8.96. The maximum Gasteiger partial charge on any atom is 0.317 e. The number of nitrogens with one attached hydrogen (secondary N) is 2. The van der Waals surface area contributed by atoms with Crippen LogP contribution in [0.1, 0.15) is 45.1 Å². The topological polar surface area (TPSA) is 81.8 Å². The molecule has 1 fully saturated rings. The van der Waals surface area contributed by atoms with Crippen LogP contribution in [0.5, 0.6) is 0 Å². The second-order valence-electron chi connectivity index (χ2n) is 8.14. The Balaban J connectivity index is 1.61. The zero-order chi connectivity index (χ0) is 21.2. The second-order valence-corrected chi connectivity index (χ2v) is 8.14. The van der Waals surface area contributed by atoms with E-state index in [9.17, 15) is 14.4 Å². The number of nitrogens with zero attached hydrogens (tertiary/aromatic N) is 2.